The number of piperazine rings is 1. The normalized spacial score (nSPS) is 16.2. The Morgan fingerprint density at radius 2 is 1.39 bits per heavy atom. The van der Waals surface area contributed by atoms with Crippen molar-refractivity contribution in [3.05, 3.63) is 70.2 Å². The molecule has 0 bridgehead atoms. The van der Waals surface area contributed by atoms with E-state index in [-0.39, 0.29) is 5.91 Å². The van der Waals surface area contributed by atoms with Gasteiger partial charge in [-0.05, 0) is 49.0 Å². The molecule has 0 N–H and O–H groups in total. The number of amides is 1. The second-order valence-electron chi connectivity index (χ2n) is 8.95. The first-order valence-corrected chi connectivity index (χ1v) is 12.6. The Balaban J connectivity index is 1.03. The molecule has 0 spiro atoms. The van der Waals surface area contributed by atoms with Crippen molar-refractivity contribution in [1.82, 2.24) is 4.90 Å². The number of anilines is 2. The third-order valence-corrected chi connectivity index (χ3v) is 7.71. The van der Waals surface area contributed by atoms with Crippen LogP contribution in [0.3, 0.4) is 0 Å². The zero-order chi connectivity index (χ0) is 22.8. The molecule has 0 aromatic heterocycles. The summed E-state index contributed by atoms with van der Waals surface area (Å²) in [6, 6.07) is 18.1. The largest absolute Gasteiger partial charge is 0.368 e. The molecule has 1 fully saturated rings. The topological polar surface area (TPSA) is 26.8 Å². The highest BCUT2D eigenvalue weighted by Crippen LogP contribution is 2.37. The van der Waals surface area contributed by atoms with Gasteiger partial charge in [0.15, 0.2) is 0 Å². The lowest BCUT2D eigenvalue weighted by atomic mass is 10.1. The molecular formula is C27H29Cl2N3O. The number of benzene rings is 3. The molecule has 2 aliphatic rings. The first-order chi connectivity index (χ1) is 16.1. The molecule has 6 heteroatoms. The minimum absolute atomic E-state index is 0.152. The Bertz CT molecular complexity index is 1150. The van der Waals surface area contributed by atoms with Crippen molar-refractivity contribution in [1.29, 1.82) is 0 Å². The Morgan fingerprint density at radius 3 is 2.18 bits per heavy atom. The van der Waals surface area contributed by atoms with E-state index in [2.05, 4.69) is 28.0 Å². The third-order valence-electron chi connectivity index (χ3n) is 6.90. The molecule has 0 unspecified atom stereocenters. The van der Waals surface area contributed by atoms with E-state index in [1.54, 1.807) is 0 Å². The number of nitrogens with zero attached hydrogens (tertiary/aromatic N) is 3. The fourth-order valence-electron chi connectivity index (χ4n) is 5.11. The molecule has 0 radical (unpaired) electrons. The van der Waals surface area contributed by atoms with Crippen LogP contribution in [0.15, 0.2) is 54.6 Å². The maximum absolute atomic E-state index is 12.9. The minimum Gasteiger partial charge on any atom is -0.368 e. The van der Waals surface area contributed by atoms with E-state index >= 15 is 0 Å². The minimum atomic E-state index is 0.152. The number of carbonyl (C=O) groups excluding carboxylic acids is 1. The van der Waals surface area contributed by atoms with Gasteiger partial charge >= 0.3 is 0 Å². The van der Waals surface area contributed by atoms with Gasteiger partial charge in [0.25, 0.3) is 5.91 Å². The average molecular weight is 482 g/mol. The van der Waals surface area contributed by atoms with Crippen LogP contribution in [0.5, 0.6) is 0 Å². The van der Waals surface area contributed by atoms with E-state index in [4.69, 9.17) is 23.2 Å². The Hall–Kier alpha value is -2.27. The summed E-state index contributed by atoms with van der Waals surface area (Å²) < 4.78 is 0. The Kier molecular flexibility index (Phi) is 6.77. The third kappa shape index (κ3) is 4.57. The molecule has 33 heavy (non-hydrogen) atoms. The predicted octanol–water partition coefficient (Wildman–Crippen LogP) is 6.49. The average Bonchev–Trinajstić information content (AvgIpc) is 3.11. The van der Waals surface area contributed by atoms with E-state index in [0.717, 1.165) is 79.8 Å². The van der Waals surface area contributed by atoms with Crippen molar-refractivity contribution in [3.8, 4) is 0 Å². The molecule has 3 aromatic carbocycles. The fourth-order valence-corrected chi connectivity index (χ4v) is 5.52. The van der Waals surface area contributed by atoms with Crippen molar-refractivity contribution in [2.24, 2.45) is 0 Å². The number of carbonyl (C=O) groups is 1. The quantitative estimate of drug-likeness (QED) is 0.344. The molecule has 2 heterocycles. The second kappa shape index (κ2) is 9.92. The van der Waals surface area contributed by atoms with E-state index in [1.807, 2.05) is 41.3 Å². The van der Waals surface area contributed by atoms with Gasteiger partial charge in [0.05, 0.1) is 21.4 Å². The van der Waals surface area contributed by atoms with Gasteiger partial charge in [-0.2, -0.15) is 0 Å². The number of hydrogen-bond donors (Lipinski definition) is 0. The molecule has 1 saturated heterocycles. The molecule has 0 aliphatic carbocycles. The lowest BCUT2D eigenvalue weighted by Gasteiger charge is -2.36. The summed E-state index contributed by atoms with van der Waals surface area (Å²) in [5.41, 5.74) is 2.96. The summed E-state index contributed by atoms with van der Waals surface area (Å²) in [4.78, 5) is 19.7. The fraction of sp³-hybridized carbons (Fsp3) is 0.370. The Labute approximate surface area is 205 Å². The molecule has 172 valence electrons. The van der Waals surface area contributed by atoms with E-state index in [9.17, 15) is 4.79 Å². The van der Waals surface area contributed by atoms with Crippen molar-refractivity contribution in [3.63, 3.8) is 0 Å². The number of hydrogen-bond acceptors (Lipinski definition) is 3. The highest BCUT2D eigenvalue weighted by molar-refractivity contribution is 6.43. The molecule has 4 nitrogen and oxygen atoms in total. The van der Waals surface area contributed by atoms with Gasteiger partial charge in [0.2, 0.25) is 0 Å². The van der Waals surface area contributed by atoms with Crippen molar-refractivity contribution < 1.29 is 4.79 Å². The van der Waals surface area contributed by atoms with Gasteiger partial charge in [-0.15, -0.1) is 0 Å². The summed E-state index contributed by atoms with van der Waals surface area (Å²) in [6.45, 7) is 5.98. The van der Waals surface area contributed by atoms with Gasteiger partial charge in [-0.25, -0.2) is 0 Å². The number of halogens is 2. The van der Waals surface area contributed by atoms with Crippen LogP contribution in [0, 0.1) is 0 Å². The number of unbranched alkanes of at least 4 members (excludes halogenated alkanes) is 3. The van der Waals surface area contributed by atoms with Gasteiger partial charge in [-0.3, -0.25) is 9.69 Å². The monoisotopic (exact) mass is 481 g/mol. The lowest BCUT2D eigenvalue weighted by molar-refractivity contribution is 0.0992. The smallest absolute Gasteiger partial charge is 0.258 e. The van der Waals surface area contributed by atoms with Gasteiger partial charge in [0, 0.05) is 43.7 Å². The van der Waals surface area contributed by atoms with Crippen LogP contribution < -0.4 is 9.80 Å². The molecule has 2 aliphatic heterocycles. The zero-order valence-electron chi connectivity index (χ0n) is 18.8. The van der Waals surface area contributed by atoms with Crippen LogP contribution in [0.4, 0.5) is 11.4 Å². The summed E-state index contributed by atoms with van der Waals surface area (Å²) in [6.07, 6.45) is 4.58. The maximum Gasteiger partial charge on any atom is 0.258 e. The van der Waals surface area contributed by atoms with Crippen LogP contribution in [0.2, 0.25) is 10.0 Å². The Morgan fingerprint density at radius 1 is 0.727 bits per heavy atom. The second-order valence-corrected chi connectivity index (χ2v) is 9.74. The predicted molar refractivity (Wildman–Crippen MR) is 139 cm³/mol. The van der Waals surface area contributed by atoms with Gasteiger partial charge < -0.3 is 9.80 Å². The molecular weight excluding hydrogens is 453 g/mol. The molecule has 0 atom stereocenters. The standard InChI is InChI=1S/C27H29Cl2N3O/c28-22-11-7-13-24(26(22)29)31-18-16-30(17-19-31)14-3-1-2-4-15-32-23-12-6-9-20-8-5-10-21(25(20)23)27(32)33/h5-13H,1-4,14-19H2. The van der Waals surface area contributed by atoms with Crippen LogP contribution in [0.25, 0.3) is 10.8 Å². The SMILES string of the molecule is O=C1c2cccc3cccc(c23)N1CCCCCCN1CCN(c2cccc(Cl)c2Cl)CC1. The molecule has 3 aromatic rings. The maximum atomic E-state index is 12.9. The van der Waals surface area contributed by atoms with Crippen LogP contribution in [-0.4, -0.2) is 50.1 Å². The molecule has 1 amide bonds. The van der Waals surface area contributed by atoms with Crippen molar-refractivity contribution in [2.75, 3.05) is 49.1 Å². The van der Waals surface area contributed by atoms with E-state index in [0.29, 0.717) is 10.0 Å². The summed E-state index contributed by atoms with van der Waals surface area (Å²) in [5.74, 6) is 0.152. The van der Waals surface area contributed by atoms with E-state index in [1.165, 1.54) is 12.8 Å². The van der Waals surface area contributed by atoms with Crippen molar-refractivity contribution >= 4 is 51.3 Å². The highest BCUT2D eigenvalue weighted by Gasteiger charge is 2.28. The van der Waals surface area contributed by atoms with Crippen LogP contribution in [-0.2, 0) is 0 Å². The van der Waals surface area contributed by atoms with Crippen molar-refractivity contribution in [2.45, 2.75) is 25.7 Å². The first-order valence-electron chi connectivity index (χ1n) is 11.9. The van der Waals surface area contributed by atoms with Crippen LogP contribution >= 0.6 is 23.2 Å². The van der Waals surface area contributed by atoms with Gasteiger partial charge in [-0.1, -0.05) is 66.4 Å². The van der Waals surface area contributed by atoms with Crippen LogP contribution in [0.1, 0.15) is 36.0 Å². The summed E-state index contributed by atoms with van der Waals surface area (Å²) >= 11 is 12.6. The lowest BCUT2D eigenvalue weighted by Crippen LogP contribution is -2.46. The molecule has 5 rings (SSSR count). The zero-order valence-corrected chi connectivity index (χ0v) is 20.3. The van der Waals surface area contributed by atoms with E-state index < -0.39 is 0 Å². The summed E-state index contributed by atoms with van der Waals surface area (Å²) in [7, 11) is 0. The number of rotatable bonds is 8. The first kappa shape index (κ1) is 22.5. The molecule has 0 saturated carbocycles. The summed E-state index contributed by atoms with van der Waals surface area (Å²) in [5, 5.41) is 3.54. The highest BCUT2D eigenvalue weighted by atomic mass is 35.5. The van der Waals surface area contributed by atoms with Gasteiger partial charge in [0.1, 0.15) is 0 Å².